The fourth-order valence-corrected chi connectivity index (χ4v) is 5.00. The van der Waals surface area contributed by atoms with Crippen LogP contribution in [0, 0.1) is 0 Å². The van der Waals surface area contributed by atoms with Gasteiger partial charge in [-0.2, -0.15) is 0 Å². The van der Waals surface area contributed by atoms with Gasteiger partial charge in [-0.05, 0) is 42.3 Å². The zero-order valence-electron chi connectivity index (χ0n) is 16.1. The van der Waals surface area contributed by atoms with Gasteiger partial charge >= 0.3 is 0 Å². The first kappa shape index (κ1) is 22.0. The number of rotatable bonds is 8. The second-order valence-electron chi connectivity index (χ2n) is 7.21. The minimum absolute atomic E-state index is 0.0320. The minimum Gasteiger partial charge on any atom is -0.345 e. The second kappa shape index (κ2) is 9.94. The molecule has 2 unspecified atom stereocenters. The summed E-state index contributed by atoms with van der Waals surface area (Å²) in [5, 5.41) is 2.02. The highest BCUT2D eigenvalue weighted by Gasteiger charge is 2.41. The van der Waals surface area contributed by atoms with Crippen molar-refractivity contribution < 1.29 is 9.47 Å². The molecule has 0 saturated carbocycles. The van der Waals surface area contributed by atoms with Crippen LogP contribution in [0.1, 0.15) is 12.0 Å². The third-order valence-corrected chi connectivity index (χ3v) is 7.04. The molecule has 2 heterocycles. The molecular weight excluding hydrogens is 463 g/mol. The van der Waals surface area contributed by atoms with Gasteiger partial charge in [0.2, 0.25) is 0 Å². The molecule has 2 atom stereocenters. The molecule has 1 fully saturated rings. The topological polar surface area (TPSA) is 36.3 Å². The lowest BCUT2D eigenvalue weighted by atomic mass is 10.0. The van der Waals surface area contributed by atoms with Gasteiger partial charge in [-0.3, -0.25) is 0 Å². The van der Waals surface area contributed by atoms with Crippen LogP contribution in [0.3, 0.4) is 0 Å². The van der Waals surface area contributed by atoms with Gasteiger partial charge in [-0.15, -0.1) is 11.8 Å². The Morgan fingerprint density at radius 2 is 1.90 bits per heavy atom. The lowest BCUT2D eigenvalue weighted by Gasteiger charge is -2.28. The summed E-state index contributed by atoms with van der Waals surface area (Å²) in [5.74, 6) is 0.0450. The van der Waals surface area contributed by atoms with Crippen LogP contribution in [0.2, 0.25) is 15.1 Å². The normalized spacial score (nSPS) is 21.2. The van der Waals surface area contributed by atoms with E-state index in [2.05, 4.69) is 4.98 Å². The summed E-state index contributed by atoms with van der Waals surface area (Å²) in [6.45, 7) is 1.12. The van der Waals surface area contributed by atoms with Crippen molar-refractivity contribution in [1.29, 1.82) is 0 Å². The van der Waals surface area contributed by atoms with Crippen molar-refractivity contribution in [2.24, 2.45) is 0 Å². The largest absolute Gasteiger partial charge is 0.345 e. The van der Waals surface area contributed by atoms with Gasteiger partial charge in [0.1, 0.15) is 0 Å². The quantitative estimate of drug-likeness (QED) is 0.348. The van der Waals surface area contributed by atoms with E-state index in [1.165, 1.54) is 5.56 Å². The Labute approximate surface area is 195 Å². The van der Waals surface area contributed by atoms with Crippen molar-refractivity contribution in [2.45, 2.75) is 36.2 Å². The molecule has 0 radical (unpaired) electrons. The summed E-state index contributed by atoms with van der Waals surface area (Å²) < 4.78 is 14.7. The van der Waals surface area contributed by atoms with Gasteiger partial charge in [0.15, 0.2) is 5.79 Å². The van der Waals surface area contributed by atoms with Crippen LogP contribution in [0.5, 0.6) is 0 Å². The number of ether oxygens (including phenoxy) is 2. The fraction of sp³-hybridized carbons (Fsp3) is 0.318. The van der Waals surface area contributed by atoms with Crippen molar-refractivity contribution in [3.05, 3.63) is 81.8 Å². The Balaban J connectivity index is 1.41. The third-order valence-electron chi connectivity index (χ3n) is 4.92. The number of thioether (sulfide) groups is 1. The summed E-state index contributed by atoms with van der Waals surface area (Å²) in [6, 6.07) is 13.4. The number of benzene rings is 2. The molecule has 1 aliphatic heterocycles. The highest BCUT2D eigenvalue weighted by molar-refractivity contribution is 7.99. The molecule has 0 bridgehead atoms. The van der Waals surface area contributed by atoms with Crippen molar-refractivity contribution in [1.82, 2.24) is 9.55 Å². The lowest BCUT2D eigenvalue weighted by molar-refractivity contribution is -0.180. The Bertz CT molecular complexity index is 969. The highest BCUT2D eigenvalue weighted by atomic mass is 35.5. The summed E-state index contributed by atoms with van der Waals surface area (Å²) in [4.78, 5) is 5.13. The number of nitrogens with zero attached hydrogens (tertiary/aromatic N) is 2. The van der Waals surface area contributed by atoms with E-state index in [9.17, 15) is 0 Å². The molecule has 158 valence electrons. The second-order valence-corrected chi connectivity index (χ2v) is 9.55. The summed E-state index contributed by atoms with van der Waals surface area (Å²) in [6.07, 6.45) is 7.00. The Morgan fingerprint density at radius 3 is 2.63 bits per heavy atom. The number of aromatic nitrogens is 2. The van der Waals surface area contributed by atoms with Crippen molar-refractivity contribution in [3.8, 4) is 0 Å². The Kier molecular flexibility index (Phi) is 7.29. The SMILES string of the molecule is Clc1ccc(CCC2(Cn3ccnc3)OCC(CSc3ccc(Cl)cc3Cl)O2)cc1. The molecular formula is C22H21Cl3N2O2S. The number of imidazole rings is 1. The average Bonchev–Trinajstić information content (AvgIpc) is 3.38. The van der Waals surface area contributed by atoms with Gasteiger partial charge in [0.25, 0.3) is 0 Å². The molecule has 1 aromatic heterocycles. The zero-order chi connectivity index (χ0) is 21.0. The molecule has 0 amide bonds. The van der Waals surface area contributed by atoms with E-state index in [1.807, 2.05) is 47.2 Å². The zero-order valence-corrected chi connectivity index (χ0v) is 19.2. The van der Waals surface area contributed by atoms with Crippen LogP contribution in [-0.2, 0) is 22.4 Å². The molecule has 1 aliphatic rings. The maximum atomic E-state index is 6.47. The predicted octanol–water partition coefficient (Wildman–Crippen LogP) is 6.38. The van der Waals surface area contributed by atoms with Gasteiger partial charge in [0, 0.05) is 39.5 Å². The Hall–Kier alpha value is -1.21. The first-order valence-electron chi connectivity index (χ1n) is 9.61. The van der Waals surface area contributed by atoms with Crippen LogP contribution in [0.4, 0.5) is 0 Å². The van der Waals surface area contributed by atoms with Gasteiger partial charge in [-0.1, -0.05) is 46.9 Å². The van der Waals surface area contributed by atoms with E-state index >= 15 is 0 Å². The number of hydrogen-bond donors (Lipinski definition) is 0. The molecule has 8 heteroatoms. The van der Waals surface area contributed by atoms with E-state index in [0.717, 1.165) is 28.5 Å². The maximum Gasteiger partial charge on any atom is 0.187 e. The van der Waals surface area contributed by atoms with Crippen molar-refractivity contribution in [3.63, 3.8) is 0 Å². The number of hydrogen-bond acceptors (Lipinski definition) is 4. The number of aryl methyl sites for hydroxylation is 1. The molecule has 0 aliphatic carbocycles. The van der Waals surface area contributed by atoms with E-state index in [1.54, 1.807) is 30.4 Å². The van der Waals surface area contributed by atoms with Crippen LogP contribution in [0.25, 0.3) is 0 Å². The molecule has 3 aromatic rings. The lowest BCUT2D eigenvalue weighted by Crippen LogP contribution is -2.37. The summed E-state index contributed by atoms with van der Waals surface area (Å²) in [7, 11) is 0. The predicted molar refractivity (Wildman–Crippen MR) is 123 cm³/mol. The van der Waals surface area contributed by atoms with E-state index < -0.39 is 5.79 Å². The fourth-order valence-electron chi connectivity index (χ4n) is 3.41. The van der Waals surface area contributed by atoms with E-state index in [0.29, 0.717) is 23.2 Å². The summed E-state index contributed by atoms with van der Waals surface area (Å²) >= 11 is 19.9. The molecule has 4 nitrogen and oxygen atoms in total. The molecule has 1 saturated heterocycles. The monoisotopic (exact) mass is 482 g/mol. The average molecular weight is 484 g/mol. The maximum absolute atomic E-state index is 6.47. The van der Waals surface area contributed by atoms with Crippen LogP contribution < -0.4 is 0 Å². The molecule has 0 spiro atoms. The van der Waals surface area contributed by atoms with Crippen LogP contribution in [-0.4, -0.2) is 33.8 Å². The first-order chi connectivity index (χ1) is 14.5. The van der Waals surface area contributed by atoms with Gasteiger partial charge in [-0.25, -0.2) is 4.98 Å². The van der Waals surface area contributed by atoms with E-state index in [4.69, 9.17) is 44.3 Å². The molecule has 4 rings (SSSR count). The minimum atomic E-state index is -0.699. The summed E-state index contributed by atoms with van der Waals surface area (Å²) in [5.41, 5.74) is 1.20. The molecule has 30 heavy (non-hydrogen) atoms. The smallest absolute Gasteiger partial charge is 0.187 e. The van der Waals surface area contributed by atoms with Crippen LogP contribution in [0.15, 0.2) is 66.1 Å². The number of halogens is 3. The van der Waals surface area contributed by atoms with Crippen LogP contribution >= 0.6 is 46.6 Å². The van der Waals surface area contributed by atoms with Crippen molar-refractivity contribution >= 4 is 46.6 Å². The highest BCUT2D eigenvalue weighted by Crippen LogP contribution is 2.35. The standard InChI is InChI=1S/C22H21Cl3N2O2S/c23-17-3-1-16(2-4-17)7-8-22(14-27-10-9-26-15-27)28-12-19(29-22)13-30-21-6-5-18(24)11-20(21)25/h1-6,9-11,15,19H,7-8,12-14H2. The molecule has 2 aromatic carbocycles. The Morgan fingerprint density at radius 1 is 1.10 bits per heavy atom. The van der Waals surface area contributed by atoms with Gasteiger partial charge < -0.3 is 14.0 Å². The van der Waals surface area contributed by atoms with E-state index in [-0.39, 0.29) is 6.10 Å². The van der Waals surface area contributed by atoms with Crippen molar-refractivity contribution in [2.75, 3.05) is 12.4 Å². The molecule has 0 N–H and O–H groups in total. The van der Waals surface area contributed by atoms with Gasteiger partial charge in [0.05, 0.1) is 30.6 Å². The third kappa shape index (κ3) is 5.72. The first-order valence-corrected chi connectivity index (χ1v) is 11.7.